The van der Waals surface area contributed by atoms with Crippen LogP contribution < -0.4 is 10.6 Å². The highest BCUT2D eigenvalue weighted by Crippen LogP contribution is 2.23. The van der Waals surface area contributed by atoms with Gasteiger partial charge in [0.15, 0.2) is 5.11 Å². The van der Waals surface area contributed by atoms with Gasteiger partial charge in [0.05, 0.1) is 30.4 Å². The molecule has 0 fully saturated rings. The first-order valence-electron chi connectivity index (χ1n) is 6.39. The number of hydrogen-bond donors (Lipinski definition) is 2. The Hall–Kier alpha value is -2.80. The molecule has 0 aliphatic rings. The number of hydrogen-bond acceptors (Lipinski definition) is 5. The predicted molar refractivity (Wildman–Crippen MR) is 89.7 cm³/mol. The Labute approximate surface area is 133 Å². The number of alkyl carbamates (subject to hydrolysis) is 1. The molecule has 22 heavy (non-hydrogen) atoms. The third-order valence-corrected chi connectivity index (χ3v) is 2.78. The van der Waals surface area contributed by atoms with Gasteiger partial charge < -0.3 is 10.1 Å². The monoisotopic (exact) mass is 314 g/mol. The number of anilines is 1. The molecule has 0 aliphatic carbocycles. The first-order chi connectivity index (χ1) is 10.7. The zero-order valence-corrected chi connectivity index (χ0v) is 12.6. The minimum Gasteiger partial charge on any atom is -0.453 e. The Kier molecular flexibility index (Phi) is 5.56. The molecule has 2 rings (SSSR count). The SMILES string of the molecule is COC(=O)NC(=S)Nc1ccccc1/N=C/c1ccccn1. The van der Waals surface area contributed by atoms with Crippen LogP contribution in [0.5, 0.6) is 0 Å². The Morgan fingerprint density at radius 2 is 2.05 bits per heavy atom. The number of para-hydroxylation sites is 2. The van der Waals surface area contributed by atoms with Crippen molar-refractivity contribution in [1.29, 1.82) is 0 Å². The van der Waals surface area contributed by atoms with E-state index in [1.54, 1.807) is 18.5 Å². The molecule has 0 saturated carbocycles. The van der Waals surface area contributed by atoms with Crippen LogP contribution in [-0.2, 0) is 4.74 Å². The Morgan fingerprint density at radius 1 is 1.27 bits per heavy atom. The third kappa shape index (κ3) is 4.64. The summed E-state index contributed by atoms with van der Waals surface area (Å²) in [6.07, 6.45) is 2.71. The van der Waals surface area contributed by atoms with Crippen molar-refractivity contribution in [3.8, 4) is 0 Å². The van der Waals surface area contributed by atoms with Crippen molar-refractivity contribution in [2.45, 2.75) is 0 Å². The molecule has 1 aromatic heterocycles. The average Bonchev–Trinajstić information content (AvgIpc) is 2.54. The zero-order valence-electron chi connectivity index (χ0n) is 11.8. The minimum atomic E-state index is -0.632. The molecule has 1 heterocycles. The highest BCUT2D eigenvalue weighted by Gasteiger charge is 2.06. The highest BCUT2D eigenvalue weighted by atomic mass is 32.1. The van der Waals surface area contributed by atoms with E-state index in [0.29, 0.717) is 11.4 Å². The molecule has 2 aromatic rings. The number of rotatable bonds is 3. The van der Waals surface area contributed by atoms with E-state index >= 15 is 0 Å². The summed E-state index contributed by atoms with van der Waals surface area (Å²) in [5.74, 6) is 0. The molecular weight excluding hydrogens is 300 g/mol. The fourth-order valence-electron chi connectivity index (χ4n) is 1.58. The predicted octanol–water partition coefficient (Wildman–Crippen LogP) is 2.89. The summed E-state index contributed by atoms with van der Waals surface area (Å²) in [4.78, 5) is 19.7. The quantitative estimate of drug-likeness (QED) is 0.673. The first kappa shape index (κ1) is 15.6. The standard InChI is InChI=1S/C15H14N4O2S/c1-21-15(20)19-14(22)18-13-8-3-2-7-12(13)17-10-11-6-4-5-9-16-11/h2-10H,1H3,(H2,18,19,20,22)/b17-10+. The van der Waals surface area contributed by atoms with Crippen LogP contribution in [0.2, 0.25) is 0 Å². The molecule has 7 heteroatoms. The minimum absolute atomic E-state index is 0.132. The van der Waals surface area contributed by atoms with Crippen LogP contribution in [0.1, 0.15) is 5.69 Å². The lowest BCUT2D eigenvalue weighted by Crippen LogP contribution is -2.33. The Bertz CT molecular complexity index is 689. The van der Waals surface area contributed by atoms with Crippen molar-refractivity contribution < 1.29 is 9.53 Å². The molecule has 2 N–H and O–H groups in total. The van der Waals surface area contributed by atoms with E-state index in [9.17, 15) is 4.79 Å². The number of benzene rings is 1. The van der Waals surface area contributed by atoms with Crippen molar-refractivity contribution in [1.82, 2.24) is 10.3 Å². The second-order valence-electron chi connectivity index (χ2n) is 4.10. The lowest BCUT2D eigenvalue weighted by Gasteiger charge is -2.10. The molecule has 112 valence electrons. The lowest BCUT2D eigenvalue weighted by atomic mass is 10.2. The number of aromatic nitrogens is 1. The number of carbonyl (C=O) groups excluding carboxylic acids is 1. The number of nitrogens with one attached hydrogen (secondary N) is 2. The van der Waals surface area contributed by atoms with Crippen molar-refractivity contribution in [2.75, 3.05) is 12.4 Å². The maximum atomic E-state index is 11.1. The van der Waals surface area contributed by atoms with Gasteiger partial charge in [-0.05, 0) is 36.5 Å². The molecule has 0 spiro atoms. The molecule has 0 radical (unpaired) electrons. The van der Waals surface area contributed by atoms with E-state index in [2.05, 4.69) is 25.3 Å². The summed E-state index contributed by atoms with van der Waals surface area (Å²) < 4.78 is 4.48. The largest absolute Gasteiger partial charge is 0.453 e. The van der Waals surface area contributed by atoms with Gasteiger partial charge in [-0.25, -0.2) is 4.79 Å². The number of thiocarbonyl (C=S) groups is 1. The summed E-state index contributed by atoms with van der Waals surface area (Å²) in [5.41, 5.74) is 2.07. The second-order valence-corrected chi connectivity index (χ2v) is 4.51. The lowest BCUT2D eigenvalue weighted by molar-refractivity contribution is 0.177. The van der Waals surface area contributed by atoms with Gasteiger partial charge in [0, 0.05) is 6.20 Å². The van der Waals surface area contributed by atoms with Gasteiger partial charge in [-0.15, -0.1) is 0 Å². The molecular formula is C15H14N4O2S. The molecule has 0 saturated heterocycles. The van der Waals surface area contributed by atoms with Crippen molar-refractivity contribution in [3.05, 3.63) is 54.4 Å². The molecule has 0 unspecified atom stereocenters. The van der Waals surface area contributed by atoms with Gasteiger partial charge in [-0.1, -0.05) is 18.2 Å². The molecule has 0 atom stereocenters. The summed E-state index contributed by atoms with van der Waals surface area (Å²) in [5, 5.41) is 5.40. The number of methoxy groups -OCH3 is 1. The fraction of sp³-hybridized carbons (Fsp3) is 0.0667. The van der Waals surface area contributed by atoms with E-state index in [1.807, 2.05) is 36.4 Å². The maximum absolute atomic E-state index is 11.1. The van der Waals surface area contributed by atoms with Gasteiger partial charge in [0.25, 0.3) is 0 Å². The molecule has 6 nitrogen and oxygen atoms in total. The van der Waals surface area contributed by atoms with Gasteiger partial charge in [0.2, 0.25) is 0 Å². The Morgan fingerprint density at radius 3 is 2.77 bits per heavy atom. The van der Waals surface area contributed by atoms with Crippen LogP contribution in [-0.4, -0.2) is 29.5 Å². The fourth-order valence-corrected chi connectivity index (χ4v) is 1.77. The maximum Gasteiger partial charge on any atom is 0.413 e. The Balaban J connectivity index is 2.11. The van der Waals surface area contributed by atoms with Crippen LogP contribution in [0.3, 0.4) is 0 Å². The number of amides is 1. The van der Waals surface area contributed by atoms with E-state index < -0.39 is 6.09 Å². The summed E-state index contributed by atoms with van der Waals surface area (Å²) in [7, 11) is 1.27. The molecule has 1 amide bonds. The van der Waals surface area contributed by atoms with E-state index in [-0.39, 0.29) is 5.11 Å². The van der Waals surface area contributed by atoms with Crippen LogP contribution >= 0.6 is 12.2 Å². The normalized spacial score (nSPS) is 10.2. The number of carbonyl (C=O) groups is 1. The molecule has 0 bridgehead atoms. The van der Waals surface area contributed by atoms with Crippen molar-refractivity contribution in [3.63, 3.8) is 0 Å². The summed E-state index contributed by atoms with van der Waals surface area (Å²) in [6, 6.07) is 12.9. The number of ether oxygens (including phenoxy) is 1. The van der Waals surface area contributed by atoms with Crippen molar-refractivity contribution in [2.24, 2.45) is 4.99 Å². The smallest absolute Gasteiger partial charge is 0.413 e. The van der Waals surface area contributed by atoms with Crippen LogP contribution in [0.25, 0.3) is 0 Å². The number of aliphatic imine (C=N–C) groups is 1. The number of nitrogens with zero attached hydrogens (tertiary/aromatic N) is 2. The second kappa shape index (κ2) is 7.84. The van der Waals surface area contributed by atoms with Gasteiger partial charge in [0.1, 0.15) is 0 Å². The van der Waals surface area contributed by atoms with E-state index in [4.69, 9.17) is 12.2 Å². The summed E-state index contributed by atoms with van der Waals surface area (Å²) >= 11 is 5.03. The number of pyridine rings is 1. The van der Waals surface area contributed by atoms with E-state index in [1.165, 1.54) is 7.11 Å². The van der Waals surface area contributed by atoms with Gasteiger partial charge >= 0.3 is 6.09 Å². The molecule has 0 aliphatic heterocycles. The highest BCUT2D eigenvalue weighted by molar-refractivity contribution is 7.80. The zero-order chi connectivity index (χ0) is 15.8. The topological polar surface area (TPSA) is 75.6 Å². The van der Waals surface area contributed by atoms with Crippen LogP contribution in [0, 0.1) is 0 Å². The van der Waals surface area contributed by atoms with Crippen molar-refractivity contribution >= 4 is 41.0 Å². The van der Waals surface area contributed by atoms with Gasteiger partial charge in [-0.2, -0.15) is 0 Å². The average molecular weight is 314 g/mol. The van der Waals surface area contributed by atoms with Gasteiger partial charge in [-0.3, -0.25) is 15.3 Å². The summed E-state index contributed by atoms with van der Waals surface area (Å²) in [6.45, 7) is 0. The van der Waals surface area contributed by atoms with Crippen LogP contribution in [0.4, 0.5) is 16.2 Å². The molecule has 1 aromatic carbocycles. The third-order valence-electron chi connectivity index (χ3n) is 2.58. The first-order valence-corrected chi connectivity index (χ1v) is 6.80. The van der Waals surface area contributed by atoms with E-state index in [0.717, 1.165) is 5.69 Å². The van der Waals surface area contributed by atoms with Crippen LogP contribution in [0.15, 0.2) is 53.7 Å².